The number of methoxy groups -OCH3 is 2. The van der Waals surface area contributed by atoms with E-state index >= 15 is 0 Å². The summed E-state index contributed by atoms with van der Waals surface area (Å²) in [7, 11) is 3.13. The lowest BCUT2D eigenvalue weighted by Gasteiger charge is -2.26. The summed E-state index contributed by atoms with van der Waals surface area (Å²) in [6.07, 6.45) is 1.44. The predicted molar refractivity (Wildman–Crippen MR) is 114 cm³/mol. The summed E-state index contributed by atoms with van der Waals surface area (Å²) in [5.74, 6) is -0.955. The van der Waals surface area contributed by atoms with Crippen molar-refractivity contribution in [1.82, 2.24) is 4.90 Å². The summed E-state index contributed by atoms with van der Waals surface area (Å²) in [5, 5.41) is 11.1. The highest BCUT2D eigenvalue weighted by Gasteiger charge is 2.46. The van der Waals surface area contributed by atoms with Gasteiger partial charge in [-0.05, 0) is 24.5 Å². The number of benzene rings is 2. The first-order chi connectivity index (χ1) is 14.5. The van der Waals surface area contributed by atoms with Crippen LogP contribution in [0.1, 0.15) is 36.1 Å². The van der Waals surface area contributed by atoms with Crippen molar-refractivity contribution in [2.45, 2.75) is 25.8 Å². The van der Waals surface area contributed by atoms with E-state index in [-0.39, 0.29) is 11.3 Å². The van der Waals surface area contributed by atoms with E-state index in [0.29, 0.717) is 36.4 Å². The maximum absolute atomic E-state index is 13.0. The van der Waals surface area contributed by atoms with Crippen LogP contribution in [0.5, 0.6) is 5.75 Å². The zero-order valence-electron chi connectivity index (χ0n) is 17.6. The van der Waals surface area contributed by atoms with E-state index in [1.165, 1.54) is 4.90 Å². The van der Waals surface area contributed by atoms with Crippen LogP contribution in [0.25, 0.3) is 5.76 Å². The minimum atomic E-state index is -0.733. The number of amides is 1. The molecule has 1 unspecified atom stereocenters. The van der Waals surface area contributed by atoms with E-state index < -0.39 is 17.7 Å². The van der Waals surface area contributed by atoms with Gasteiger partial charge in [0.25, 0.3) is 11.7 Å². The number of aliphatic hydroxyl groups excluding tert-OH is 1. The molecule has 1 saturated heterocycles. The zero-order valence-corrected chi connectivity index (χ0v) is 17.6. The summed E-state index contributed by atoms with van der Waals surface area (Å²) >= 11 is 0. The highest BCUT2D eigenvalue weighted by Crippen LogP contribution is 2.42. The number of hydrogen-bond acceptors (Lipinski definition) is 5. The molecule has 1 N–H and O–H groups in total. The average Bonchev–Trinajstić information content (AvgIpc) is 3.03. The quantitative estimate of drug-likeness (QED) is 0.311. The van der Waals surface area contributed by atoms with Crippen LogP contribution in [0.3, 0.4) is 0 Å². The van der Waals surface area contributed by atoms with E-state index in [1.54, 1.807) is 32.4 Å². The summed E-state index contributed by atoms with van der Waals surface area (Å²) in [6, 6.07) is 13.9. The minimum Gasteiger partial charge on any atom is -0.507 e. The molecule has 1 heterocycles. The van der Waals surface area contributed by atoms with Crippen molar-refractivity contribution in [1.29, 1.82) is 0 Å². The summed E-state index contributed by atoms with van der Waals surface area (Å²) in [6.45, 7) is 2.83. The van der Waals surface area contributed by atoms with E-state index in [1.807, 2.05) is 37.3 Å². The second kappa shape index (κ2) is 9.59. The number of para-hydroxylation sites is 1. The van der Waals surface area contributed by atoms with Crippen LogP contribution in [-0.4, -0.2) is 49.1 Å². The van der Waals surface area contributed by atoms with Gasteiger partial charge in [0.15, 0.2) is 0 Å². The van der Waals surface area contributed by atoms with E-state index in [2.05, 4.69) is 0 Å². The van der Waals surface area contributed by atoms with Crippen LogP contribution in [-0.2, 0) is 20.7 Å². The Kier molecular flexibility index (Phi) is 6.90. The monoisotopic (exact) mass is 409 g/mol. The number of aliphatic hydroxyl groups is 1. The third-order valence-electron chi connectivity index (χ3n) is 5.36. The van der Waals surface area contributed by atoms with Crippen molar-refractivity contribution >= 4 is 17.4 Å². The summed E-state index contributed by atoms with van der Waals surface area (Å²) < 4.78 is 10.6. The molecular formula is C24H27NO5. The van der Waals surface area contributed by atoms with E-state index in [0.717, 1.165) is 12.0 Å². The lowest BCUT2D eigenvalue weighted by Crippen LogP contribution is -2.31. The lowest BCUT2D eigenvalue weighted by molar-refractivity contribution is -0.140. The number of likely N-dealkylation sites (tertiary alicyclic amines) is 1. The molecule has 1 aliphatic rings. The number of Topliss-reactive ketones (excluding diaryl/α,β-unsaturated/α-hetero) is 1. The molecule has 2 aromatic carbocycles. The highest BCUT2D eigenvalue weighted by molar-refractivity contribution is 6.46. The zero-order chi connectivity index (χ0) is 21.7. The second-order valence-electron chi connectivity index (χ2n) is 7.13. The molecular weight excluding hydrogens is 382 g/mol. The Hall–Kier alpha value is -3.12. The molecule has 0 aliphatic carbocycles. The van der Waals surface area contributed by atoms with Crippen molar-refractivity contribution in [3.8, 4) is 5.75 Å². The van der Waals surface area contributed by atoms with Crippen LogP contribution >= 0.6 is 0 Å². The van der Waals surface area contributed by atoms with Crippen molar-refractivity contribution in [3.05, 3.63) is 70.8 Å². The van der Waals surface area contributed by atoms with Gasteiger partial charge in [0.05, 0.1) is 18.7 Å². The Bertz CT molecular complexity index is 948. The van der Waals surface area contributed by atoms with Crippen molar-refractivity contribution in [2.24, 2.45) is 0 Å². The maximum Gasteiger partial charge on any atom is 0.295 e. The number of rotatable bonds is 8. The normalized spacial score (nSPS) is 18.1. The van der Waals surface area contributed by atoms with Gasteiger partial charge in [-0.25, -0.2) is 0 Å². The van der Waals surface area contributed by atoms with E-state index in [9.17, 15) is 14.7 Å². The Morgan fingerprint density at radius 2 is 1.77 bits per heavy atom. The first-order valence-electron chi connectivity index (χ1n) is 10.0. The SMILES string of the molecule is CCc1ccc(/C(O)=C2/C(=O)C(=O)N(CCCOC)C2c2ccccc2OC)cc1. The Morgan fingerprint density at radius 1 is 1.07 bits per heavy atom. The van der Waals surface area contributed by atoms with Gasteiger partial charge in [0.2, 0.25) is 0 Å². The fourth-order valence-corrected chi connectivity index (χ4v) is 3.76. The van der Waals surface area contributed by atoms with Crippen LogP contribution in [0.15, 0.2) is 54.1 Å². The van der Waals surface area contributed by atoms with Gasteiger partial charge < -0.3 is 19.5 Å². The van der Waals surface area contributed by atoms with Crippen molar-refractivity contribution in [2.75, 3.05) is 27.4 Å². The van der Waals surface area contributed by atoms with Gasteiger partial charge in [0, 0.05) is 31.4 Å². The summed E-state index contributed by atoms with van der Waals surface area (Å²) in [4.78, 5) is 27.4. The summed E-state index contributed by atoms with van der Waals surface area (Å²) in [5.41, 5.74) is 2.35. The minimum absolute atomic E-state index is 0.0752. The van der Waals surface area contributed by atoms with Gasteiger partial charge in [-0.1, -0.05) is 49.4 Å². The Morgan fingerprint density at radius 3 is 2.40 bits per heavy atom. The third-order valence-corrected chi connectivity index (χ3v) is 5.36. The molecule has 0 spiro atoms. The second-order valence-corrected chi connectivity index (χ2v) is 7.13. The van der Waals surface area contributed by atoms with Crippen LogP contribution in [0.4, 0.5) is 0 Å². The fourth-order valence-electron chi connectivity index (χ4n) is 3.76. The van der Waals surface area contributed by atoms with Crippen molar-refractivity contribution < 1.29 is 24.2 Å². The molecule has 1 atom stereocenters. The van der Waals surface area contributed by atoms with Crippen LogP contribution in [0.2, 0.25) is 0 Å². The molecule has 158 valence electrons. The van der Waals surface area contributed by atoms with Gasteiger partial charge in [-0.15, -0.1) is 0 Å². The largest absolute Gasteiger partial charge is 0.507 e. The third kappa shape index (κ3) is 4.09. The smallest absolute Gasteiger partial charge is 0.295 e. The van der Waals surface area contributed by atoms with Crippen molar-refractivity contribution in [3.63, 3.8) is 0 Å². The molecule has 30 heavy (non-hydrogen) atoms. The standard InChI is InChI=1S/C24H27NO5/c1-4-16-10-12-17(13-11-16)22(26)20-21(18-8-5-6-9-19(18)30-3)25(14-7-15-29-2)24(28)23(20)27/h5-6,8-13,21,26H,4,7,14-15H2,1-3H3/b22-20-. The molecule has 6 heteroatoms. The number of carbonyl (C=O) groups is 2. The fraction of sp³-hybridized carbons (Fsp3) is 0.333. The molecule has 1 amide bonds. The molecule has 3 rings (SSSR count). The topological polar surface area (TPSA) is 76.1 Å². The van der Waals surface area contributed by atoms with E-state index in [4.69, 9.17) is 9.47 Å². The number of aryl methyl sites for hydroxylation is 1. The molecule has 0 saturated carbocycles. The highest BCUT2D eigenvalue weighted by atomic mass is 16.5. The molecule has 2 aromatic rings. The van der Waals surface area contributed by atoms with Gasteiger partial charge in [-0.3, -0.25) is 9.59 Å². The first kappa shape index (κ1) is 21.6. The number of hydrogen-bond donors (Lipinski definition) is 1. The van der Waals surface area contributed by atoms with Crippen LogP contribution < -0.4 is 4.74 Å². The lowest BCUT2D eigenvalue weighted by atomic mass is 9.94. The van der Waals surface area contributed by atoms with Gasteiger partial charge >= 0.3 is 0 Å². The first-order valence-corrected chi connectivity index (χ1v) is 10.0. The molecule has 6 nitrogen and oxygen atoms in total. The number of ketones is 1. The number of ether oxygens (including phenoxy) is 2. The van der Waals surface area contributed by atoms with Gasteiger partial charge in [0.1, 0.15) is 11.5 Å². The molecule has 0 aromatic heterocycles. The van der Waals surface area contributed by atoms with Gasteiger partial charge in [-0.2, -0.15) is 0 Å². The molecule has 1 aliphatic heterocycles. The molecule has 0 bridgehead atoms. The average molecular weight is 409 g/mol. The molecule has 0 radical (unpaired) electrons. The Labute approximate surface area is 176 Å². The number of nitrogens with zero attached hydrogens (tertiary/aromatic N) is 1. The predicted octanol–water partition coefficient (Wildman–Crippen LogP) is 3.72. The molecule has 1 fully saturated rings. The Balaban J connectivity index is 2.14. The maximum atomic E-state index is 13.0. The van der Waals surface area contributed by atoms with Crippen LogP contribution in [0, 0.1) is 0 Å². The number of carbonyl (C=O) groups excluding carboxylic acids is 2.